The number of carbonyl (C=O) groups excluding carboxylic acids is 1. The van der Waals surface area contributed by atoms with E-state index in [0.717, 1.165) is 29.7 Å². The first-order valence-corrected chi connectivity index (χ1v) is 7.35. The van der Waals surface area contributed by atoms with Gasteiger partial charge in [0.25, 0.3) is 0 Å². The minimum atomic E-state index is -0.128. The second-order valence-electron chi connectivity index (χ2n) is 5.22. The van der Waals surface area contributed by atoms with Gasteiger partial charge in [0.1, 0.15) is 5.75 Å². The van der Waals surface area contributed by atoms with Gasteiger partial charge >= 0.3 is 6.03 Å². The quantitative estimate of drug-likeness (QED) is 0.895. The summed E-state index contributed by atoms with van der Waals surface area (Å²) in [5.41, 5.74) is 1.85. The number of amides is 2. The monoisotopic (exact) mass is 296 g/mol. The molecular weight excluding hydrogens is 276 g/mol. The van der Waals surface area contributed by atoms with Crippen LogP contribution >= 0.6 is 11.6 Å². The number of nitrogens with one attached hydrogen (secondary N) is 2. The van der Waals surface area contributed by atoms with E-state index in [4.69, 9.17) is 16.3 Å². The zero-order chi connectivity index (χ0) is 14.5. The van der Waals surface area contributed by atoms with E-state index in [-0.39, 0.29) is 6.03 Å². The van der Waals surface area contributed by atoms with Gasteiger partial charge in [-0.2, -0.15) is 0 Å². The highest BCUT2D eigenvalue weighted by Crippen LogP contribution is 2.27. The SMILES string of the molecule is COc1c(C)cc(Cl)cc1CNC(=O)NC1CCCC1. The van der Waals surface area contributed by atoms with Crippen LogP contribution in [0.1, 0.15) is 36.8 Å². The number of hydrogen-bond acceptors (Lipinski definition) is 2. The van der Waals surface area contributed by atoms with Crippen LogP contribution < -0.4 is 15.4 Å². The fraction of sp³-hybridized carbons (Fsp3) is 0.533. The van der Waals surface area contributed by atoms with Gasteiger partial charge < -0.3 is 15.4 Å². The predicted octanol–water partition coefficient (Wildman–Crippen LogP) is 3.40. The van der Waals surface area contributed by atoms with Crippen molar-refractivity contribution in [2.45, 2.75) is 45.2 Å². The van der Waals surface area contributed by atoms with Crippen molar-refractivity contribution in [3.05, 3.63) is 28.3 Å². The summed E-state index contributed by atoms with van der Waals surface area (Å²) in [6, 6.07) is 3.86. The molecule has 110 valence electrons. The molecule has 0 heterocycles. The number of carbonyl (C=O) groups is 1. The van der Waals surface area contributed by atoms with Crippen LogP contribution in [0.25, 0.3) is 0 Å². The highest BCUT2D eigenvalue weighted by molar-refractivity contribution is 6.30. The summed E-state index contributed by atoms with van der Waals surface area (Å²) >= 11 is 6.05. The predicted molar refractivity (Wildman–Crippen MR) is 80.4 cm³/mol. The first-order chi connectivity index (χ1) is 9.60. The molecule has 1 saturated carbocycles. The summed E-state index contributed by atoms with van der Waals surface area (Å²) in [6.07, 6.45) is 4.55. The molecule has 20 heavy (non-hydrogen) atoms. The molecule has 0 bridgehead atoms. The second kappa shape index (κ2) is 6.84. The Kier molecular flexibility index (Phi) is 5.12. The molecule has 5 heteroatoms. The van der Waals surface area contributed by atoms with Gasteiger partial charge in [0.05, 0.1) is 7.11 Å². The van der Waals surface area contributed by atoms with E-state index in [1.807, 2.05) is 19.1 Å². The third kappa shape index (κ3) is 3.79. The number of halogens is 1. The maximum atomic E-state index is 11.8. The van der Waals surface area contributed by atoms with Crippen molar-refractivity contribution in [1.29, 1.82) is 0 Å². The minimum Gasteiger partial charge on any atom is -0.496 e. The molecular formula is C15H21ClN2O2. The van der Waals surface area contributed by atoms with Gasteiger partial charge in [-0.15, -0.1) is 0 Å². The van der Waals surface area contributed by atoms with E-state index in [0.29, 0.717) is 17.6 Å². The lowest BCUT2D eigenvalue weighted by Crippen LogP contribution is -2.40. The van der Waals surface area contributed by atoms with Crippen LogP contribution in [0.3, 0.4) is 0 Å². The molecule has 2 amide bonds. The molecule has 2 N–H and O–H groups in total. The molecule has 0 unspecified atom stereocenters. The lowest BCUT2D eigenvalue weighted by Gasteiger charge is -2.15. The summed E-state index contributed by atoms with van der Waals surface area (Å²) in [7, 11) is 1.62. The van der Waals surface area contributed by atoms with E-state index in [1.54, 1.807) is 7.11 Å². The van der Waals surface area contributed by atoms with E-state index in [1.165, 1.54) is 12.8 Å². The number of aryl methyl sites for hydroxylation is 1. The van der Waals surface area contributed by atoms with Gasteiger partial charge in [0, 0.05) is 23.2 Å². The maximum Gasteiger partial charge on any atom is 0.315 e. The topological polar surface area (TPSA) is 50.4 Å². The Hall–Kier alpha value is -1.42. The number of rotatable bonds is 4. The average Bonchev–Trinajstić information content (AvgIpc) is 2.88. The Morgan fingerprint density at radius 2 is 2.10 bits per heavy atom. The fourth-order valence-electron chi connectivity index (χ4n) is 2.70. The lowest BCUT2D eigenvalue weighted by atomic mass is 10.1. The molecule has 1 aromatic carbocycles. The molecule has 1 aliphatic rings. The Labute approximate surface area is 124 Å². The number of methoxy groups -OCH3 is 1. The lowest BCUT2D eigenvalue weighted by molar-refractivity contribution is 0.236. The highest BCUT2D eigenvalue weighted by atomic mass is 35.5. The number of benzene rings is 1. The largest absolute Gasteiger partial charge is 0.496 e. The molecule has 1 aliphatic carbocycles. The van der Waals surface area contributed by atoms with Gasteiger partial charge in [-0.25, -0.2) is 4.79 Å². The second-order valence-corrected chi connectivity index (χ2v) is 5.66. The van der Waals surface area contributed by atoms with E-state index in [2.05, 4.69) is 10.6 Å². The summed E-state index contributed by atoms with van der Waals surface area (Å²) in [5.74, 6) is 0.774. The van der Waals surface area contributed by atoms with E-state index >= 15 is 0 Å². The fourth-order valence-corrected chi connectivity index (χ4v) is 3.00. The molecule has 0 spiro atoms. The minimum absolute atomic E-state index is 0.128. The summed E-state index contributed by atoms with van der Waals surface area (Å²) < 4.78 is 5.37. The first-order valence-electron chi connectivity index (χ1n) is 6.97. The van der Waals surface area contributed by atoms with Gasteiger partial charge in [0.2, 0.25) is 0 Å². The summed E-state index contributed by atoms with van der Waals surface area (Å²) in [4.78, 5) is 11.8. The number of hydrogen-bond donors (Lipinski definition) is 2. The van der Waals surface area contributed by atoms with Gasteiger partial charge in [0.15, 0.2) is 0 Å². The molecule has 0 radical (unpaired) electrons. The molecule has 0 atom stereocenters. The van der Waals surface area contributed by atoms with Crippen LogP contribution in [0.4, 0.5) is 4.79 Å². The van der Waals surface area contributed by atoms with Crippen LogP contribution in [0.15, 0.2) is 12.1 Å². The van der Waals surface area contributed by atoms with Crippen molar-refractivity contribution in [2.24, 2.45) is 0 Å². The van der Waals surface area contributed by atoms with Crippen molar-refractivity contribution < 1.29 is 9.53 Å². The van der Waals surface area contributed by atoms with Gasteiger partial charge in [-0.1, -0.05) is 24.4 Å². The van der Waals surface area contributed by atoms with Crippen molar-refractivity contribution in [3.8, 4) is 5.75 Å². The van der Waals surface area contributed by atoms with Crippen LogP contribution in [-0.2, 0) is 6.54 Å². The van der Waals surface area contributed by atoms with Gasteiger partial charge in [-0.05, 0) is 37.5 Å². The Balaban J connectivity index is 1.94. The normalized spacial score (nSPS) is 15.2. The molecule has 0 saturated heterocycles. The maximum absolute atomic E-state index is 11.8. The molecule has 0 aromatic heterocycles. The summed E-state index contributed by atoms with van der Waals surface area (Å²) in [5, 5.41) is 6.51. The van der Waals surface area contributed by atoms with Crippen LogP contribution in [-0.4, -0.2) is 19.2 Å². The van der Waals surface area contributed by atoms with Crippen LogP contribution in [0, 0.1) is 6.92 Å². The molecule has 0 aliphatic heterocycles. The zero-order valence-corrected chi connectivity index (χ0v) is 12.7. The molecule has 1 aromatic rings. The number of urea groups is 1. The Morgan fingerprint density at radius 3 is 2.75 bits per heavy atom. The van der Waals surface area contributed by atoms with E-state index < -0.39 is 0 Å². The van der Waals surface area contributed by atoms with Crippen molar-refractivity contribution in [3.63, 3.8) is 0 Å². The average molecular weight is 297 g/mol. The zero-order valence-electron chi connectivity index (χ0n) is 12.0. The van der Waals surface area contributed by atoms with Crippen molar-refractivity contribution in [2.75, 3.05) is 7.11 Å². The van der Waals surface area contributed by atoms with Gasteiger partial charge in [-0.3, -0.25) is 0 Å². The highest BCUT2D eigenvalue weighted by Gasteiger charge is 2.17. The van der Waals surface area contributed by atoms with Crippen molar-refractivity contribution >= 4 is 17.6 Å². The van der Waals surface area contributed by atoms with E-state index in [9.17, 15) is 4.79 Å². The van der Waals surface area contributed by atoms with Crippen molar-refractivity contribution in [1.82, 2.24) is 10.6 Å². The van der Waals surface area contributed by atoms with Crippen LogP contribution in [0.2, 0.25) is 5.02 Å². The molecule has 2 rings (SSSR count). The Bertz CT molecular complexity index is 485. The van der Waals surface area contributed by atoms with Crippen LogP contribution in [0.5, 0.6) is 5.75 Å². The smallest absolute Gasteiger partial charge is 0.315 e. The summed E-state index contributed by atoms with van der Waals surface area (Å²) in [6.45, 7) is 2.34. The Morgan fingerprint density at radius 1 is 1.40 bits per heavy atom. The standard InChI is InChI=1S/C15H21ClN2O2/c1-10-7-12(16)8-11(14(10)20-2)9-17-15(19)18-13-5-3-4-6-13/h7-8,13H,3-6,9H2,1-2H3,(H2,17,18,19). The third-order valence-electron chi connectivity index (χ3n) is 3.65. The number of ether oxygens (including phenoxy) is 1. The molecule has 4 nitrogen and oxygen atoms in total. The first kappa shape index (κ1) is 15.0. The third-order valence-corrected chi connectivity index (χ3v) is 3.87. The molecule has 1 fully saturated rings.